The Morgan fingerprint density at radius 2 is 2.33 bits per heavy atom. The molecule has 0 radical (unpaired) electrons. The molecular weight excluding hydrogens is 192 g/mol. The first-order chi connectivity index (χ1) is 7.20. The van der Waals surface area contributed by atoms with E-state index in [0.29, 0.717) is 24.9 Å². The molecule has 0 spiro atoms. The number of nitrogens with one attached hydrogen (secondary N) is 2. The molecule has 2 aliphatic rings. The predicted octanol–water partition coefficient (Wildman–Crippen LogP) is 0.0140. The summed E-state index contributed by atoms with van der Waals surface area (Å²) in [7, 11) is 0. The van der Waals surface area contributed by atoms with Gasteiger partial charge in [0.1, 0.15) is 0 Å². The highest BCUT2D eigenvalue weighted by atomic mass is 16.3. The van der Waals surface area contributed by atoms with E-state index in [1.54, 1.807) is 0 Å². The van der Waals surface area contributed by atoms with Crippen molar-refractivity contribution < 1.29 is 9.90 Å². The molecule has 1 heterocycles. The maximum Gasteiger partial charge on any atom is 0.237 e. The average molecular weight is 212 g/mol. The largest absolute Gasteiger partial charge is 0.392 e. The molecule has 2 rings (SSSR count). The summed E-state index contributed by atoms with van der Waals surface area (Å²) in [5.41, 5.74) is 0. The maximum atomic E-state index is 11.7. The molecule has 0 aromatic heterocycles. The van der Waals surface area contributed by atoms with Crippen molar-refractivity contribution in [3.05, 3.63) is 0 Å². The SMILES string of the molecule is CCCC1CC1NC(=O)[C@H]1C[C@@H](O)CN1. The molecule has 15 heavy (non-hydrogen) atoms. The molecule has 86 valence electrons. The molecule has 2 fully saturated rings. The predicted molar refractivity (Wildman–Crippen MR) is 57.4 cm³/mol. The normalized spacial score (nSPS) is 39.1. The molecule has 0 aromatic carbocycles. The van der Waals surface area contributed by atoms with Crippen LogP contribution in [0.2, 0.25) is 0 Å². The fourth-order valence-corrected chi connectivity index (χ4v) is 2.31. The summed E-state index contributed by atoms with van der Waals surface area (Å²) in [6.07, 6.45) is 3.74. The molecule has 2 unspecified atom stereocenters. The quantitative estimate of drug-likeness (QED) is 0.615. The van der Waals surface area contributed by atoms with Gasteiger partial charge in [0, 0.05) is 12.6 Å². The molecule has 0 bridgehead atoms. The monoisotopic (exact) mass is 212 g/mol. The van der Waals surface area contributed by atoms with E-state index in [9.17, 15) is 9.90 Å². The number of carbonyl (C=O) groups excluding carboxylic acids is 1. The van der Waals surface area contributed by atoms with Crippen LogP contribution in [0.15, 0.2) is 0 Å². The van der Waals surface area contributed by atoms with Gasteiger partial charge in [0.05, 0.1) is 12.1 Å². The van der Waals surface area contributed by atoms with Crippen molar-refractivity contribution in [3.63, 3.8) is 0 Å². The van der Waals surface area contributed by atoms with Crippen molar-refractivity contribution in [2.45, 2.75) is 50.8 Å². The second-order valence-corrected chi connectivity index (χ2v) is 4.75. The van der Waals surface area contributed by atoms with Crippen LogP contribution in [0.1, 0.15) is 32.6 Å². The summed E-state index contributed by atoms with van der Waals surface area (Å²) in [4.78, 5) is 11.7. The molecule has 4 atom stereocenters. The lowest BCUT2D eigenvalue weighted by atomic mass is 10.2. The van der Waals surface area contributed by atoms with Gasteiger partial charge in [-0.2, -0.15) is 0 Å². The average Bonchev–Trinajstić information content (AvgIpc) is 2.76. The van der Waals surface area contributed by atoms with E-state index in [0.717, 1.165) is 6.42 Å². The number of β-amino-alcohol motifs (C(OH)–C–C–N with tert-alkyl or cyclic N) is 1. The van der Waals surface area contributed by atoms with Crippen LogP contribution < -0.4 is 10.6 Å². The maximum absolute atomic E-state index is 11.7. The molecule has 1 aliphatic carbocycles. The molecular formula is C11H20N2O2. The number of rotatable bonds is 4. The van der Waals surface area contributed by atoms with Crippen molar-refractivity contribution in [2.24, 2.45) is 5.92 Å². The minimum Gasteiger partial charge on any atom is -0.392 e. The van der Waals surface area contributed by atoms with Gasteiger partial charge in [-0.05, 0) is 25.2 Å². The number of carbonyl (C=O) groups is 1. The van der Waals surface area contributed by atoms with Crippen LogP contribution in [0.4, 0.5) is 0 Å². The summed E-state index contributed by atoms with van der Waals surface area (Å²) in [6.45, 7) is 2.72. The summed E-state index contributed by atoms with van der Waals surface area (Å²) >= 11 is 0. The van der Waals surface area contributed by atoms with Crippen molar-refractivity contribution in [3.8, 4) is 0 Å². The minimum absolute atomic E-state index is 0.0650. The van der Waals surface area contributed by atoms with Crippen LogP contribution in [0, 0.1) is 5.92 Å². The highest BCUT2D eigenvalue weighted by molar-refractivity contribution is 5.82. The Bertz CT molecular complexity index is 245. The number of aliphatic hydroxyl groups is 1. The third-order valence-corrected chi connectivity index (χ3v) is 3.33. The smallest absolute Gasteiger partial charge is 0.237 e. The summed E-state index contributed by atoms with van der Waals surface area (Å²) in [5, 5.41) is 15.4. The standard InChI is InChI=1S/C11H20N2O2/c1-2-3-7-4-9(7)13-11(15)10-5-8(14)6-12-10/h7-10,12,14H,2-6H2,1H3,(H,13,15)/t7?,8-,9?,10-/m1/s1. The Hall–Kier alpha value is -0.610. The van der Waals surface area contributed by atoms with E-state index in [2.05, 4.69) is 17.6 Å². The van der Waals surface area contributed by atoms with Crippen molar-refractivity contribution in [1.82, 2.24) is 10.6 Å². The summed E-state index contributed by atoms with van der Waals surface area (Å²) in [6, 6.07) is 0.222. The zero-order valence-corrected chi connectivity index (χ0v) is 9.20. The van der Waals surface area contributed by atoms with Gasteiger partial charge in [-0.15, -0.1) is 0 Å². The van der Waals surface area contributed by atoms with E-state index in [1.165, 1.54) is 12.8 Å². The van der Waals surface area contributed by atoms with Gasteiger partial charge in [-0.25, -0.2) is 0 Å². The van der Waals surface area contributed by atoms with Crippen molar-refractivity contribution >= 4 is 5.91 Å². The summed E-state index contributed by atoms with van der Waals surface area (Å²) < 4.78 is 0. The van der Waals surface area contributed by atoms with E-state index < -0.39 is 0 Å². The Morgan fingerprint density at radius 3 is 2.93 bits per heavy atom. The molecule has 3 N–H and O–H groups in total. The van der Waals surface area contributed by atoms with Gasteiger partial charge < -0.3 is 15.7 Å². The molecule has 1 saturated carbocycles. The fraction of sp³-hybridized carbons (Fsp3) is 0.909. The van der Waals surface area contributed by atoms with Crippen LogP contribution in [0.5, 0.6) is 0 Å². The molecule has 1 amide bonds. The topological polar surface area (TPSA) is 61.4 Å². The van der Waals surface area contributed by atoms with Crippen molar-refractivity contribution in [2.75, 3.05) is 6.54 Å². The second-order valence-electron chi connectivity index (χ2n) is 4.75. The fourth-order valence-electron chi connectivity index (χ4n) is 2.31. The lowest BCUT2D eigenvalue weighted by Crippen LogP contribution is -2.41. The first kappa shape index (κ1) is 10.9. The molecule has 4 nitrogen and oxygen atoms in total. The summed E-state index contributed by atoms with van der Waals surface area (Å²) in [5.74, 6) is 0.764. The van der Waals surface area contributed by atoms with Crippen LogP contribution in [-0.2, 0) is 4.79 Å². The van der Waals surface area contributed by atoms with Gasteiger partial charge in [-0.1, -0.05) is 13.3 Å². The first-order valence-electron chi connectivity index (χ1n) is 5.92. The third-order valence-electron chi connectivity index (χ3n) is 3.33. The van der Waals surface area contributed by atoms with Crippen LogP contribution in [0.3, 0.4) is 0 Å². The van der Waals surface area contributed by atoms with Crippen LogP contribution in [-0.4, -0.2) is 35.7 Å². The second kappa shape index (κ2) is 4.49. The van der Waals surface area contributed by atoms with Crippen LogP contribution >= 0.6 is 0 Å². The highest BCUT2D eigenvalue weighted by Gasteiger charge is 2.39. The van der Waals surface area contributed by atoms with Gasteiger partial charge in [0.25, 0.3) is 0 Å². The van der Waals surface area contributed by atoms with E-state index >= 15 is 0 Å². The van der Waals surface area contributed by atoms with E-state index in [1.807, 2.05) is 0 Å². The Kier molecular flexibility index (Phi) is 3.26. The molecule has 0 aromatic rings. The molecule has 4 heteroatoms. The first-order valence-corrected chi connectivity index (χ1v) is 5.92. The Balaban J connectivity index is 1.70. The number of amides is 1. The lowest BCUT2D eigenvalue weighted by Gasteiger charge is -2.10. The zero-order valence-electron chi connectivity index (χ0n) is 9.20. The lowest BCUT2D eigenvalue weighted by molar-refractivity contribution is -0.123. The number of aliphatic hydroxyl groups excluding tert-OH is 1. The van der Waals surface area contributed by atoms with Crippen LogP contribution in [0.25, 0.3) is 0 Å². The van der Waals surface area contributed by atoms with Crippen molar-refractivity contribution in [1.29, 1.82) is 0 Å². The zero-order chi connectivity index (χ0) is 10.8. The van der Waals surface area contributed by atoms with Gasteiger partial charge in [-0.3, -0.25) is 4.79 Å². The van der Waals surface area contributed by atoms with Gasteiger partial charge in [0.2, 0.25) is 5.91 Å². The number of hydrogen-bond donors (Lipinski definition) is 3. The van der Waals surface area contributed by atoms with E-state index in [4.69, 9.17) is 0 Å². The number of hydrogen-bond acceptors (Lipinski definition) is 3. The third kappa shape index (κ3) is 2.69. The van der Waals surface area contributed by atoms with Gasteiger partial charge in [0.15, 0.2) is 0 Å². The highest BCUT2D eigenvalue weighted by Crippen LogP contribution is 2.34. The molecule has 1 aliphatic heterocycles. The minimum atomic E-state index is -0.355. The Labute approximate surface area is 90.4 Å². The van der Waals surface area contributed by atoms with E-state index in [-0.39, 0.29) is 18.1 Å². The molecule has 1 saturated heterocycles. The van der Waals surface area contributed by atoms with Gasteiger partial charge >= 0.3 is 0 Å². The Morgan fingerprint density at radius 1 is 1.53 bits per heavy atom.